The van der Waals surface area contributed by atoms with Gasteiger partial charge in [-0.1, -0.05) is 32.3 Å². The first-order chi connectivity index (χ1) is 5.83. The van der Waals surface area contributed by atoms with Gasteiger partial charge in [-0.25, -0.2) is 0 Å². The first-order valence-corrected chi connectivity index (χ1v) is 5.44. The second kappa shape index (κ2) is 4.69. The van der Waals surface area contributed by atoms with Gasteiger partial charge in [-0.2, -0.15) is 0 Å². The van der Waals surface area contributed by atoms with Crippen LogP contribution >= 0.6 is 0 Å². The fourth-order valence-corrected chi connectivity index (χ4v) is 2.69. The normalized spacial score (nSPS) is 21.1. The van der Waals surface area contributed by atoms with Crippen LogP contribution in [0.2, 0.25) is 0 Å². The Labute approximate surface area is 77.1 Å². The van der Waals surface area contributed by atoms with Crippen LogP contribution in [0.3, 0.4) is 0 Å². The molecular weight excluding hydrogens is 144 g/mol. The van der Waals surface area contributed by atoms with Crippen molar-refractivity contribution in [2.75, 3.05) is 0 Å². The van der Waals surface area contributed by atoms with Gasteiger partial charge < -0.3 is 0 Å². The van der Waals surface area contributed by atoms with Crippen LogP contribution in [0, 0.1) is 5.41 Å². The second-order valence-electron chi connectivity index (χ2n) is 4.28. The molecular formula is C12H22. The Kier molecular flexibility index (Phi) is 3.84. The first kappa shape index (κ1) is 9.83. The molecule has 0 aromatic rings. The third-order valence-electron chi connectivity index (χ3n) is 3.32. The molecule has 0 aliphatic heterocycles. The van der Waals surface area contributed by atoms with E-state index < -0.39 is 0 Å². The van der Waals surface area contributed by atoms with Crippen molar-refractivity contribution in [2.45, 2.75) is 58.3 Å². The Morgan fingerprint density at radius 2 is 1.92 bits per heavy atom. The van der Waals surface area contributed by atoms with Crippen molar-refractivity contribution < 1.29 is 0 Å². The average molecular weight is 166 g/mol. The van der Waals surface area contributed by atoms with Gasteiger partial charge in [0.25, 0.3) is 0 Å². The molecule has 0 spiro atoms. The minimum atomic E-state index is 0.725. The van der Waals surface area contributed by atoms with Gasteiger partial charge >= 0.3 is 0 Å². The molecule has 1 aliphatic rings. The Morgan fingerprint density at radius 3 is 2.42 bits per heavy atom. The highest BCUT2D eigenvalue weighted by atomic mass is 14.4. The van der Waals surface area contributed by atoms with Gasteiger partial charge in [0.1, 0.15) is 0 Å². The van der Waals surface area contributed by atoms with E-state index in [-0.39, 0.29) is 0 Å². The summed E-state index contributed by atoms with van der Waals surface area (Å²) in [6, 6.07) is 0. The molecule has 0 unspecified atom stereocenters. The molecule has 0 aromatic carbocycles. The maximum atomic E-state index is 3.81. The summed E-state index contributed by atoms with van der Waals surface area (Å²) in [7, 11) is 0. The molecule has 0 nitrogen and oxygen atoms in total. The van der Waals surface area contributed by atoms with E-state index in [1.165, 1.54) is 51.4 Å². The van der Waals surface area contributed by atoms with E-state index in [2.05, 4.69) is 19.6 Å². The highest BCUT2D eigenvalue weighted by molar-refractivity contribution is 4.86. The monoisotopic (exact) mass is 166 g/mol. The van der Waals surface area contributed by atoms with Crippen LogP contribution in [-0.4, -0.2) is 0 Å². The van der Waals surface area contributed by atoms with Gasteiger partial charge in [0.2, 0.25) is 0 Å². The predicted molar refractivity (Wildman–Crippen MR) is 55.2 cm³/mol. The molecule has 12 heavy (non-hydrogen) atoms. The van der Waals surface area contributed by atoms with Crippen LogP contribution in [-0.2, 0) is 0 Å². The third kappa shape index (κ3) is 2.36. The molecule has 0 heterocycles. The number of allylic oxidation sites excluding steroid dienone is 1. The van der Waals surface area contributed by atoms with Crippen molar-refractivity contribution in [3.8, 4) is 0 Å². The van der Waals surface area contributed by atoms with Crippen molar-refractivity contribution in [2.24, 2.45) is 5.41 Å². The molecule has 0 bridgehead atoms. The predicted octanol–water partition coefficient (Wildman–Crippen LogP) is 4.31. The fourth-order valence-electron chi connectivity index (χ4n) is 2.69. The molecule has 70 valence electrons. The number of rotatable bonds is 5. The van der Waals surface area contributed by atoms with Gasteiger partial charge in [0, 0.05) is 0 Å². The summed E-state index contributed by atoms with van der Waals surface area (Å²) in [5.74, 6) is 0. The summed E-state index contributed by atoms with van der Waals surface area (Å²) >= 11 is 0. The molecule has 1 aliphatic carbocycles. The Morgan fingerprint density at radius 1 is 1.25 bits per heavy atom. The van der Waals surface area contributed by atoms with Gasteiger partial charge in [-0.05, 0) is 37.5 Å². The molecule has 0 N–H and O–H groups in total. The van der Waals surface area contributed by atoms with Crippen LogP contribution < -0.4 is 0 Å². The van der Waals surface area contributed by atoms with E-state index in [9.17, 15) is 0 Å². The molecule has 0 saturated heterocycles. The van der Waals surface area contributed by atoms with Crippen LogP contribution in [0.25, 0.3) is 0 Å². The Balaban J connectivity index is 2.40. The van der Waals surface area contributed by atoms with Crippen LogP contribution in [0.15, 0.2) is 12.7 Å². The van der Waals surface area contributed by atoms with Crippen molar-refractivity contribution in [1.82, 2.24) is 0 Å². The van der Waals surface area contributed by atoms with E-state index >= 15 is 0 Å². The van der Waals surface area contributed by atoms with Crippen molar-refractivity contribution in [3.05, 3.63) is 12.7 Å². The minimum Gasteiger partial charge on any atom is -0.103 e. The second-order valence-corrected chi connectivity index (χ2v) is 4.28. The highest BCUT2D eigenvalue weighted by Crippen LogP contribution is 2.45. The summed E-state index contributed by atoms with van der Waals surface area (Å²) in [4.78, 5) is 0. The van der Waals surface area contributed by atoms with E-state index in [1.54, 1.807) is 0 Å². The molecule has 0 atom stereocenters. The molecule has 0 amide bonds. The quantitative estimate of drug-likeness (QED) is 0.534. The fraction of sp³-hybridized carbons (Fsp3) is 0.833. The molecule has 0 radical (unpaired) electrons. The molecule has 1 fully saturated rings. The summed E-state index contributed by atoms with van der Waals surface area (Å²) < 4.78 is 0. The number of hydrogen-bond donors (Lipinski definition) is 0. The minimum absolute atomic E-state index is 0.725. The summed E-state index contributed by atoms with van der Waals surface area (Å²) in [5.41, 5.74) is 0.725. The SMILES string of the molecule is C=CCCC1(CCC)CCCC1. The first-order valence-electron chi connectivity index (χ1n) is 5.44. The van der Waals surface area contributed by atoms with Crippen LogP contribution in [0.5, 0.6) is 0 Å². The average Bonchev–Trinajstić information content (AvgIpc) is 2.51. The zero-order valence-electron chi connectivity index (χ0n) is 8.44. The third-order valence-corrected chi connectivity index (χ3v) is 3.32. The largest absolute Gasteiger partial charge is 0.103 e. The lowest BCUT2D eigenvalue weighted by Gasteiger charge is -2.28. The zero-order chi connectivity index (χ0) is 8.86. The van der Waals surface area contributed by atoms with Gasteiger partial charge in [-0.15, -0.1) is 6.58 Å². The van der Waals surface area contributed by atoms with E-state index in [1.807, 2.05) is 0 Å². The van der Waals surface area contributed by atoms with E-state index in [0.717, 1.165) is 5.41 Å². The lowest BCUT2D eigenvalue weighted by Crippen LogP contribution is -2.15. The smallest absolute Gasteiger partial charge is 0.0295 e. The lowest BCUT2D eigenvalue weighted by atomic mass is 9.78. The molecule has 0 heteroatoms. The van der Waals surface area contributed by atoms with Crippen LogP contribution in [0.4, 0.5) is 0 Å². The van der Waals surface area contributed by atoms with Crippen LogP contribution in [0.1, 0.15) is 58.3 Å². The lowest BCUT2D eigenvalue weighted by molar-refractivity contribution is 0.248. The standard InChI is InChI=1S/C12H22/c1-3-5-9-12(8-4-2)10-6-7-11-12/h3H,1,4-11H2,2H3. The van der Waals surface area contributed by atoms with Crippen molar-refractivity contribution >= 4 is 0 Å². The summed E-state index contributed by atoms with van der Waals surface area (Å²) in [6.07, 6.45) is 13.4. The van der Waals surface area contributed by atoms with Crippen molar-refractivity contribution in [1.29, 1.82) is 0 Å². The topological polar surface area (TPSA) is 0 Å². The number of hydrogen-bond acceptors (Lipinski definition) is 0. The van der Waals surface area contributed by atoms with E-state index in [4.69, 9.17) is 0 Å². The maximum Gasteiger partial charge on any atom is -0.0295 e. The Bertz CT molecular complexity index is 129. The van der Waals surface area contributed by atoms with Gasteiger partial charge in [0.15, 0.2) is 0 Å². The van der Waals surface area contributed by atoms with Gasteiger partial charge in [-0.3, -0.25) is 0 Å². The molecule has 1 saturated carbocycles. The van der Waals surface area contributed by atoms with E-state index in [0.29, 0.717) is 0 Å². The summed E-state index contributed by atoms with van der Waals surface area (Å²) in [5, 5.41) is 0. The molecule has 1 rings (SSSR count). The zero-order valence-corrected chi connectivity index (χ0v) is 8.44. The highest BCUT2D eigenvalue weighted by Gasteiger charge is 2.31. The summed E-state index contributed by atoms with van der Waals surface area (Å²) in [6.45, 7) is 6.13. The molecule has 0 aromatic heterocycles. The van der Waals surface area contributed by atoms with Crippen molar-refractivity contribution in [3.63, 3.8) is 0 Å². The maximum absolute atomic E-state index is 3.81. The van der Waals surface area contributed by atoms with Gasteiger partial charge in [0.05, 0.1) is 0 Å². The Hall–Kier alpha value is -0.260.